The number of hydrogen-bond acceptors (Lipinski definition) is 4. The van der Waals surface area contributed by atoms with E-state index in [1.165, 1.54) is 35.6 Å². The van der Waals surface area contributed by atoms with E-state index in [9.17, 15) is 13.6 Å². The van der Waals surface area contributed by atoms with Crippen LogP contribution in [0.15, 0.2) is 78.2 Å². The molecule has 0 fully saturated rings. The molecule has 3 aromatic carbocycles. The van der Waals surface area contributed by atoms with E-state index in [1.54, 1.807) is 6.07 Å². The molecule has 0 unspecified atom stereocenters. The molecule has 4 aromatic rings. The molecule has 0 aliphatic carbocycles. The Morgan fingerprint density at radius 1 is 0.933 bits per heavy atom. The first kappa shape index (κ1) is 19.8. The van der Waals surface area contributed by atoms with Crippen molar-refractivity contribution in [1.29, 1.82) is 0 Å². The fourth-order valence-corrected chi connectivity index (χ4v) is 3.70. The molecule has 1 heterocycles. The van der Waals surface area contributed by atoms with Crippen molar-refractivity contribution in [2.75, 3.05) is 5.32 Å². The van der Waals surface area contributed by atoms with Gasteiger partial charge in [0, 0.05) is 11.3 Å². The number of amides is 1. The highest BCUT2D eigenvalue weighted by molar-refractivity contribution is 7.12. The van der Waals surface area contributed by atoms with Gasteiger partial charge in [-0.05, 0) is 58.6 Å². The van der Waals surface area contributed by atoms with Gasteiger partial charge in [-0.15, -0.1) is 11.3 Å². The van der Waals surface area contributed by atoms with Gasteiger partial charge in [0.25, 0.3) is 5.91 Å². The van der Waals surface area contributed by atoms with Gasteiger partial charge in [-0.1, -0.05) is 30.3 Å². The van der Waals surface area contributed by atoms with Gasteiger partial charge >= 0.3 is 6.61 Å². The molecule has 7 heteroatoms. The number of ether oxygens (including phenoxy) is 2. The molecule has 152 valence electrons. The number of carbonyl (C=O) groups is 1. The van der Waals surface area contributed by atoms with E-state index >= 15 is 0 Å². The minimum atomic E-state index is -2.88. The summed E-state index contributed by atoms with van der Waals surface area (Å²) in [5.74, 6) is 0.517. The van der Waals surface area contributed by atoms with Crippen molar-refractivity contribution in [2.24, 2.45) is 0 Å². The Morgan fingerprint density at radius 2 is 1.67 bits per heavy atom. The van der Waals surface area contributed by atoms with Crippen LogP contribution in [0, 0.1) is 0 Å². The average molecular weight is 425 g/mol. The van der Waals surface area contributed by atoms with E-state index in [4.69, 9.17) is 4.74 Å². The summed E-state index contributed by atoms with van der Waals surface area (Å²) < 4.78 is 34.5. The number of benzene rings is 3. The van der Waals surface area contributed by atoms with E-state index in [2.05, 4.69) is 10.1 Å². The fourth-order valence-electron chi connectivity index (χ4n) is 2.91. The quantitative estimate of drug-likeness (QED) is 0.376. The fraction of sp³-hybridized carbons (Fsp3) is 0.0870. The predicted octanol–water partition coefficient (Wildman–Crippen LogP) is 6.33. The summed E-state index contributed by atoms with van der Waals surface area (Å²) >= 11 is 1.31. The van der Waals surface area contributed by atoms with Gasteiger partial charge in [0.15, 0.2) is 0 Å². The van der Waals surface area contributed by atoms with Gasteiger partial charge in [0.1, 0.15) is 18.1 Å². The van der Waals surface area contributed by atoms with E-state index in [0.29, 0.717) is 17.2 Å². The summed E-state index contributed by atoms with van der Waals surface area (Å²) in [4.78, 5) is 12.9. The molecule has 30 heavy (non-hydrogen) atoms. The first-order valence-electron chi connectivity index (χ1n) is 9.12. The van der Waals surface area contributed by atoms with Crippen molar-refractivity contribution in [2.45, 2.75) is 13.2 Å². The molecule has 4 nitrogen and oxygen atoms in total. The van der Waals surface area contributed by atoms with Crippen LogP contribution in [0.25, 0.3) is 10.8 Å². The van der Waals surface area contributed by atoms with Crippen LogP contribution in [0.5, 0.6) is 11.5 Å². The van der Waals surface area contributed by atoms with Crippen molar-refractivity contribution in [3.63, 3.8) is 0 Å². The van der Waals surface area contributed by atoms with Crippen LogP contribution in [-0.2, 0) is 6.61 Å². The molecule has 1 aromatic heterocycles. The molecule has 0 aliphatic rings. The third-order valence-corrected chi connectivity index (χ3v) is 5.32. The maximum atomic E-state index is 12.4. The second-order valence-electron chi connectivity index (χ2n) is 6.47. The summed E-state index contributed by atoms with van der Waals surface area (Å²) in [5, 5.41) is 6.85. The Labute approximate surface area is 175 Å². The highest BCUT2D eigenvalue weighted by Gasteiger charge is 2.11. The van der Waals surface area contributed by atoms with Crippen LogP contribution >= 0.6 is 11.3 Å². The molecular formula is C23H17F2NO3S. The molecule has 0 saturated carbocycles. The van der Waals surface area contributed by atoms with Gasteiger partial charge in [0.05, 0.1) is 4.88 Å². The second kappa shape index (κ2) is 8.92. The maximum absolute atomic E-state index is 12.4. The lowest BCUT2D eigenvalue weighted by atomic mass is 10.1. The Balaban J connectivity index is 1.35. The number of anilines is 1. The SMILES string of the molecule is O=C(Nc1ccc(OC(F)F)cc1)c1cc(COc2ccc3ccccc3c2)cs1. The highest BCUT2D eigenvalue weighted by Crippen LogP contribution is 2.23. The van der Waals surface area contributed by atoms with Gasteiger partial charge in [0.2, 0.25) is 0 Å². The number of halogens is 2. The standard InChI is InChI=1S/C23H17F2NO3S/c24-23(25)29-19-9-6-18(7-10-19)26-22(27)21-11-15(14-30-21)13-28-20-8-5-16-3-1-2-4-17(16)12-20/h1-12,14,23H,13H2,(H,26,27). The lowest BCUT2D eigenvalue weighted by molar-refractivity contribution is -0.0498. The van der Waals surface area contributed by atoms with Crippen molar-refractivity contribution in [3.8, 4) is 11.5 Å². The Bertz CT molecular complexity index is 1160. The first-order valence-corrected chi connectivity index (χ1v) is 10.00. The first-order chi connectivity index (χ1) is 14.6. The highest BCUT2D eigenvalue weighted by atomic mass is 32.1. The minimum Gasteiger partial charge on any atom is -0.489 e. The topological polar surface area (TPSA) is 47.6 Å². The Hall–Kier alpha value is -3.45. The molecule has 0 atom stereocenters. The average Bonchev–Trinajstić information content (AvgIpc) is 3.22. The van der Waals surface area contributed by atoms with E-state index < -0.39 is 6.61 Å². The molecule has 1 N–H and O–H groups in total. The van der Waals surface area contributed by atoms with Crippen LogP contribution < -0.4 is 14.8 Å². The lowest BCUT2D eigenvalue weighted by Crippen LogP contribution is -2.10. The predicted molar refractivity (Wildman–Crippen MR) is 114 cm³/mol. The summed E-state index contributed by atoms with van der Waals surface area (Å²) in [6.07, 6.45) is 0. The number of thiophene rings is 1. The van der Waals surface area contributed by atoms with Crippen LogP contribution in [0.2, 0.25) is 0 Å². The monoisotopic (exact) mass is 425 g/mol. The van der Waals surface area contributed by atoms with E-state index in [-0.39, 0.29) is 11.7 Å². The van der Waals surface area contributed by atoms with Crippen LogP contribution in [0.1, 0.15) is 15.2 Å². The number of carbonyl (C=O) groups excluding carboxylic acids is 1. The lowest BCUT2D eigenvalue weighted by Gasteiger charge is -2.07. The van der Waals surface area contributed by atoms with Gasteiger partial charge in [-0.25, -0.2) is 0 Å². The van der Waals surface area contributed by atoms with Crippen molar-refractivity contribution in [3.05, 3.63) is 88.6 Å². The summed E-state index contributed by atoms with van der Waals surface area (Å²) in [7, 11) is 0. The number of hydrogen-bond donors (Lipinski definition) is 1. The van der Waals surface area contributed by atoms with E-state index in [0.717, 1.165) is 22.1 Å². The Morgan fingerprint density at radius 3 is 2.43 bits per heavy atom. The smallest absolute Gasteiger partial charge is 0.387 e. The van der Waals surface area contributed by atoms with Gasteiger partial charge < -0.3 is 14.8 Å². The normalized spacial score (nSPS) is 10.9. The summed E-state index contributed by atoms with van der Waals surface area (Å²) in [6.45, 7) is -2.53. The zero-order chi connectivity index (χ0) is 20.9. The van der Waals surface area contributed by atoms with Gasteiger partial charge in [-0.3, -0.25) is 4.79 Å². The number of fused-ring (bicyclic) bond motifs is 1. The molecule has 0 spiro atoms. The number of alkyl halides is 2. The van der Waals surface area contributed by atoms with Crippen LogP contribution in [0.3, 0.4) is 0 Å². The molecule has 1 amide bonds. The maximum Gasteiger partial charge on any atom is 0.387 e. The molecule has 0 saturated heterocycles. The summed E-state index contributed by atoms with van der Waals surface area (Å²) in [6, 6.07) is 21.5. The van der Waals surface area contributed by atoms with Crippen molar-refractivity contribution >= 4 is 33.7 Å². The van der Waals surface area contributed by atoms with Crippen molar-refractivity contribution < 1.29 is 23.0 Å². The molecular weight excluding hydrogens is 408 g/mol. The third kappa shape index (κ3) is 4.93. The summed E-state index contributed by atoms with van der Waals surface area (Å²) in [5.41, 5.74) is 1.38. The number of rotatable bonds is 7. The van der Waals surface area contributed by atoms with Crippen molar-refractivity contribution in [1.82, 2.24) is 0 Å². The number of nitrogens with one attached hydrogen (secondary N) is 1. The molecule has 4 rings (SSSR count). The zero-order valence-electron chi connectivity index (χ0n) is 15.7. The minimum absolute atomic E-state index is 0.0345. The third-order valence-electron chi connectivity index (χ3n) is 4.34. The van der Waals surface area contributed by atoms with Crippen LogP contribution in [0.4, 0.5) is 14.5 Å². The van der Waals surface area contributed by atoms with Crippen LogP contribution in [-0.4, -0.2) is 12.5 Å². The Kier molecular flexibility index (Phi) is 5.90. The molecule has 0 radical (unpaired) electrons. The van der Waals surface area contributed by atoms with E-state index in [1.807, 2.05) is 47.8 Å². The molecule has 0 bridgehead atoms. The largest absolute Gasteiger partial charge is 0.489 e. The molecule has 0 aliphatic heterocycles. The zero-order valence-corrected chi connectivity index (χ0v) is 16.5. The van der Waals surface area contributed by atoms with Gasteiger partial charge in [-0.2, -0.15) is 8.78 Å². The second-order valence-corrected chi connectivity index (χ2v) is 7.39.